The second kappa shape index (κ2) is 10.9. The zero-order valence-corrected chi connectivity index (χ0v) is 14.7. The van der Waals surface area contributed by atoms with Gasteiger partial charge in [-0.25, -0.2) is 0 Å². The molecule has 1 N–H and O–H groups in total. The predicted molar refractivity (Wildman–Crippen MR) is 101 cm³/mol. The summed E-state index contributed by atoms with van der Waals surface area (Å²) in [6, 6.07) is 15.3. The minimum Gasteiger partial charge on any atom is -0.481 e. The SMILES string of the molecule is O=C(O)CCCCCCCCCCCc1cccc2ccccc12. The van der Waals surface area contributed by atoms with Crippen LogP contribution in [0.5, 0.6) is 0 Å². The highest BCUT2D eigenvalue weighted by Gasteiger charge is 2.00. The number of fused-ring (bicyclic) bond motifs is 1. The van der Waals surface area contributed by atoms with E-state index in [0.29, 0.717) is 6.42 Å². The number of carbonyl (C=O) groups is 1. The van der Waals surface area contributed by atoms with Crippen molar-refractivity contribution in [1.29, 1.82) is 0 Å². The summed E-state index contributed by atoms with van der Waals surface area (Å²) < 4.78 is 0. The van der Waals surface area contributed by atoms with Crippen LogP contribution < -0.4 is 0 Å². The van der Waals surface area contributed by atoms with Gasteiger partial charge in [-0.3, -0.25) is 4.79 Å². The molecule has 2 rings (SSSR count). The van der Waals surface area contributed by atoms with Gasteiger partial charge in [-0.2, -0.15) is 0 Å². The summed E-state index contributed by atoms with van der Waals surface area (Å²) in [4.78, 5) is 10.4. The Hall–Kier alpha value is -1.83. The smallest absolute Gasteiger partial charge is 0.303 e. The van der Waals surface area contributed by atoms with Crippen LogP contribution in [-0.2, 0) is 11.2 Å². The molecule has 0 saturated heterocycles. The average molecular weight is 326 g/mol. The lowest BCUT2D eigenvalue weighted by Gasteiger charge is -2.06. The Labute approximate surface area is 145 Å². The van der Waals surface area contributed by atoms with E-state index in [9.17, 15) is 4.79 Å². The Morgan fingerprint density at radius 1 is 0.708 bits per heavy atom. The summed E-state index contributed by atoms with van der Waals surface area (Å²) in [6.07, 6.45) is 12.3. The predicted octanol–water partition coefficient (Wildman–Crippen LogP) is 6.37. The van der Waals surface area contributed by atoms with Gasteiger partial charge in [0.05, 0.1) is 0 Å². The maximum absolute atomic E-state index is 10.4. The van der Waals surface area contributed by atoms with Crippen molar-refractivity contribution in [2.75, 3.05) is 0 Å². The molecule has 24 heavy (non-hydrogen) atoms. The molecular weight excluding hydrogens is 296 g/mol. The molecule has 0 aromatic heterocycles. The van der Waals surface area contributed by atoms with E-state index in [1.165, 1.54) is 67.7 Å². The third-order valence-electron chi connectivity index (χ3n) is 4.72. The quantitative estimate of drug-likeness (QED) is 0.460. The molecule has 2 aromatic carbocycles. The first-order chi connectivity index (χ1) is 11.8. The van der Waals surface area contributed by atoms with Crippen LogP contribution in [0.2, 0.25) is 0 Å². The van der Waals surface area contributed by atoms with Crippen molar-refractivity contribution in [3.05, 3.63) is 48.0 Å². The van der Waals surface area contributed by atoms with Gasteiger partial charge in [0.15, 0.2) is 0 Å². The van der Waals surface area contributed by atoms with Crippen LogP contribution in [0.25, 0.3) is 10.8 Å². The molecule has 0 atom stereocenters. The number of hydrogen-bond acceptors (Lipinski definition) is 1. The van der Waals surface area contributed by atoms with Gasteiger partial charge in [0.25, 0.3) is 0 Å². The van der Waals surface area contributed by atoms with E-state index in [1.54, 1.807) is 0 Å². The van der Waals surface area contributed by atoms with E-state index in [0.717, 1.165) is 12.8 Å². The molecule has 0 aliphatic carbocycles. The maximum Gasteiger partial charge on any atom is 0.303 e. The fourth-order valence-corrected chi connectivity index (χ4v) is 3.34. The minimum atomic E-state index is -0.666. The largest absolute Gasteiger partial charge is 0.481 e. The van der Waals surface area contributed by atoms with Crippen LogP contribution in [0, 0.1) is 0 Å². The molecule has 0 spiro atoms. The van der Waals surface area contributed by atoms with Crippen LogP contribution in [0.4, 0.5) is 0 Å². The Balaban J connectivity index is 1.52. The normalized spacial score (nSPS) is 11.0. The minimum absolute atomic E-state index is 0.328. The number of aryl methyl sites for hydroxylation is 1. The van der Waals surface area contributed by atoms with Gasteiger partial charge in [0.2, 0.25) is 0 Å². The number of aliphatic carboxylic acids is 1. The molecular formula is C22H30O2. The zero-order chi connectivity index (χ0) is 17.0. The molecule has 0 unspecified atom stereocenters. The molecule has 0 bridgehead atoms. The lowest BCUT2D eigenvalue weighted by molar-refractivity contribution is -0.137. The van der Waals surface area contributed by atoms with Crippen molar-refractivity contribution in [1.82, 2.24) is 0 Å². The molecule has 0 fully saturated rings. The van der Waals surface area contributed by atoms with E-state index in [4.69, 9.17) is 5.11 Å². The molecule has 2 aromatic rings. The van der Waals surface area contributed by atoms with Crippen LogP contribution in [0.1, 0.15) is 69.8 Å². The van der Waals surface area contributed by atoms with E-state index in [2.05, 4.69) is 42.5 Å². The van der Waals surface area contributed by atoms with Crippen LogP contribution in [-0.4, -0.2) is 11.1 Å². The lowest BCUT2D eigenvalue weighted by atomic mass is 9.99. The van der Waals surface area contributed by atoms with Crippen molar-refractivity contribution < 1.29 is 9.90 Å². The highest BCUT2D eigenvalue weighted by molar-refractivity contribution is 5.85. The Morgan fingerprint density at radius 2 is 1.29 bits per heavy atom. The van der Waals surface area contributed by atoms with Crippen molar-refractivity contribution >= 4 is 16.7 Å². The van der Waals surface area contributed by atoms with Gasteiger partial charge in [-0.1, -0.05) is 87.4 Å². The van der Waals surface area contributed by atoms with Crippen LogP contribution >= 0.6 is 0 Å². The summed E-state index contributed by atoms with van der Waals surface area (Å²) in [5, 5.41) is 11.3. The summed E-state index contributed by atoms with van der Waals surface area (Å²) in [5.41, 5.74) is 1.48. The van der Waals surface area contributed by atoms with Gasteiger partial charge in [-0.05, 0) is 35.6 Å². The van der Waals surface area contributed by atoms with Crippen molar-refractivity contribution in [2.45, 2.75) is 70.6 Å². The van der Waals surface area contributed by atoms with Crippen molar-refractivity contribution in [2.24, 2.45) is 0 Å². The molecule has 0 amide bonds. The van der Waals surface area contributed by atoms with E-state index in [-0.39, 0.29) is 0 Å². The Morgan fingerprint density at radius 3 is 2.00 bits per heavy atom. The Kier molecular flexibility index (Phi) is 8.37. The number of unbranched alkanes of at least 4 members (excludes halogenated alkanes) is 8. The molecule has 0 aliphatic heterocycles. The third-order valence-corrected chi connectivity index (χ3v) is 4.72. The topological polar surface area (TPSA) is 37.3 Å². The molecule has 0 heterocycles. The van der Waals surface area contributed by atoms with Gasteiger partial charge in [0, 0.05) is 6.42 Å². The first-order valence-corrected chi connectivity index (χ1v) is 9.46. The Bertz CT molecular complexity index is 613. The summed E-state index contributed by atoms with van der Waals surface area (Å²) in [5.74, 6) is -0.666. The summed E-state index contributed by atoms with van der Waals surface area (Å²) >= 11 is 0. The second-order valence-electron chi connectivity index (χ2n) is 6.71. The van der Waals surface area contributed by atoms with Crippen LogP contribution in [0.3, 0.4) is 0 Å². The third kappa shape index (κ3) is 6.74. The fraction of sp³-hybridized carbons (Fsp3) is 0.500. The number of carboxylic acids is 1. The van der Waals surface area contributed by atoms with E-state index < -0.39 is 5.97 Å². The second-order valence-corrected chi connectivity index (χ2v) is 6.71. The van der Waals surface area contributed by atoms with Crippen molar-refractivity contribution in [3.63, 3.8) is 0 Å². The average Bonchev–Trinajstić information content (AvgIpc) is 2.59. The first kappa shape index (κ1) is 18.5. The molecule has 130 valence electrons. The maximum atomic E-state index is 10.4. The van der Waals surface area contributed by atoms with Crippen LogP contribution in [0.15, 0.2) is 42.5 Å². The van der Waals surface area contributed by atoms with E-state index in [1.807, 2.05) is 0 Å². The van der Waals surface area contributed by atoms with Crippen molar-refractivity contribution in [3.8, 4) is 0 Å². The zero-order valence-electron chi connectivity index (χ0n) is 14.7. The molecule has 2 nitrogen and oxygen atoms in total. The number of hydrogen-bond donors (Lipinski definition) is 1. The highest BCUT2D eigenvalue weighted by Crippen LogP contribution is 2.20. The van der Waals surface area contributed by atoms with Gasteiger partial charge < -0.3 is 5.11 Å². The summed E-state index contributed by atoms with van der Waals surface area (Å²) in [7, 11) is 0. The van der Waals surface area contributed by atoms with Gasteiger partial charge in [-0.15, -0.1) is 0 Å². The molecule has 0 aliphatic rings. The molecule has 0 saturated carbocycles. The number of rotatable bonds is 12. The van der Waals surface area contributed by atoms with Gasteiger partial charge >= 0.3 is 5.97 Å². The standard InChI is InChI=1S/C22H30O2/c23-22(24)18-9-7-5-3-1-2-4-6-8-13-19-15-12-16-20-14-10-11-17-21(19)20/h10-12,14-17H,1-9,13,18H2,(H,23,24). The fourth-order valence-electron chi connectivity index (χ4n) is 3.34. The highest BCUT2D eigenvalue weighted by atomic mass is 16.4. The van der Waals surface area contributed by atoms with E-state index >= 15 is 0 Å². The monoisotopic (exact) mass is 326 g/mol. The molecule has 2 heteroatoms. The number of carboxylic acid groups (broad SMARTS) is 1. The number of benzene rings is 2. The van der Waals surface area contributed by atoms with Gasteiger partial charge in [0.1, 0.15) is 0 Å². The lowest BCUT2D eigenvalue weighted by Crippen LogP contribution is -1.93. The molecule has 0 radical (unpaired) electrons. The summed E-state index contributed by atoms with van der Waals surface area (Å²) in [6.45, 7) is 0. The first-order valence-electron chi connectivity index (χ1n) is 9.46.